The topological polar surface area (TPSA) is 79.0 Å². The molecule has 122 valence electrons. The molecule has 23 heavy (non-hydrogen) atoms. The van der Waals surface area contributed by atoms with Crippen LogP contribution in [0.5, 0.6) is 0 Å². The van der Waals surface area contributed by atoms with Gasteiger partial charge < -0.3 is 15.0 Å². The van der Waals surface area contributed by atoms with Gasteiger partial charge in [-0.15, -0.1) is 0 Å². The third-order valence-corrected chi connectivity index (χ3v) is 4.21. The molecule has 0 saturated carbocycles. The fourth-order valence-corrected chi connectivity index (χ4v) is 3.07. The largest absolute Gasteiger partial charge is 0.442 e. The van der Waals surface area contributed by atoms with Crippen molar-refractivity contribution < 1.29 is 19.1 Å². The first-order chi connectivity index (χ1) is 11.0. The molecular formula is C16H19N3O4. The lowest BCUT2D eigenvalue weighted by Gasteiger charge is -2.17. The second kappa shape index (κ2) is 5.91. The number of ether oxygens (including phenoxy) is 1. The molecule has 0 bridgehead atoms. The standard InChI is InChI=1S/C16H19N3O4/c1-10-5-12-6-13(3-4-15(12)19(10)9-20)18-8-14(23-16(18)22)7-17-11(2)21/h3-4,6,9-10,14H,5,7-8H2,1-2H3,(H,17,21)/t10-,14-/m0/s1. The number of benzene rings is 1. The molecule has 3 amide bonds. The highest BCUT2D eigenvalue weighted by atomic mass is 16.6. The number of nitrogens with zero attached hydrogens (tertiary/aromatic N) is 2. The van der Waals surface area contributed by atoms with Gasteiger partial charge in [0.25, 0.3) is 0 Å². The molecule has 2 atom stereocenters. The minimum atomic E-state index is -0.418. The number of fused-ring (bicyclic) bond motifs is 1. The van der Waals surface area contributed by atoms with E-state index in [0.29, 0.717) is 13.1 Å². The molecule has 3 rings (SSSR count). The number of rotatable bonds is 4. The second-order valence-electron chi connectivity index (χ2n) is 5.93. The molecule has 7 nitrogen and oxygen atoms in total. The highest BCUT2D eigenvalue weighted by Crippen LogP contribution is 2.34. The third-order valence-electron chi connectivity index (χ3n) is 4.21. The van der Waals surface area contributed by atoms with Crippen LogP contribution in [0.3, 0.4) is 0 Å². The summed E-state index contributed by atoms with van der Waals surface area (Å²) in [6.45, 7) is 4.11. The summed E-state index contributed by atoms with van der Waals surface area (Å²) in [5.41, 5.74) is 2.68. The Morgan fingerprint density at radius 1 is 1.48 bits per heavy atom. The van der Waals surface area contributed by atoms with Crippen LogP contribution in [0.25, 0.3) is 0 Å². The molecular weight excluding hydrogens is 298 g/mol. The van der Waals surface area contributed by atoms with E-state index in [1.807, 2.05) is 25.1 Å². The van der Waals surface area contributed by atoms with Crippen molar-refractivity contribution in [3.8, 4) is 0 Å². The van der Waals surface area contributed by atoms with Crippen molar-refractivity contribution in [1.29, 1.82) is 0 Å². The molecule has 7 heteroatoms. The Morgan fingerprint density at radius 3 is 2.96 bits per heavy atom. The highest BCUT2D eigenvalue weighted by Gasteiger charge is 2.34. The van der Waals surface area contributed by atoms with E-state index in [1.165, 1.54) is 6.92 Å². The number of hydrogen-bond donors (Lipinski definition) is 1. The van der Waals surface area contributed by atoms with Gasteiger partial charge in [-0.1, -0.05) is 0 Å². The van der Waals surface area contributed by atoms with Crippen molar-refractivity contribution in [3.05, 3.63) is 23.8 Å². The summed E-state index contributed by atoms with van der Waals surface area (Å²) in [4.78, 5) is 37.4. The lowest BCUT2D eigenvalue weighted by Crippen LogP contribution is -2.33. The normalized spacial score (nSPS) is 22.8. The summed E-state index contributed by atoms with van der Waals surface area (Å²) in [5, 5.41) is 2.65. The van der Waals surface area contributed by atoms with Gasteiger partial charge in [0.1, 0.15) is 6.10 Å². The smallest absolute Gasteiger partial charge is 0.414 e. The third kappa shape index (κ3) is 2.86. The number of carbonyl (C=O) groups is 3. The van der Waals surface area contributed by atoms with E-state index < -0.39 is 6.09 Å². The average molecular weight is 317 g/mol. The van der Waals surface area contributed by atoms with Crippen LogP contribution >= 0.6 is 0 Å². The summed E-state index contributed by atoms with van der Waals surface area (Å²) >= 11 is 0. The summed E-state index contributed by atoms with van der Waals surface area (Å²) in [6.07, 6.45) is 0.827. The number of nitrogens with one attached hydrogen (secondary N) is 1. The van der Waals surface area contributed by atoms with Crippen LogP contribution in [0.2, 0.25) is 0 Å². The van der Waals surface area contributed by atoms with Crippen LogP contribution in [0, 0.1) is 0 Å². The summed E-state index contributed by atoms with van der Waals surface area (Å²) in [5.74, 6) is -0.153. The first-order valence-electron chi connectivity index (χ1n) is 7.58. The quantitative estimate of drug-likeness (QED) is 0.842. The van der Waals surface area contributed by atoms with Crippen molar-refractivity contribution in [1.82, 2.24) is 5.32 Å². The lowest BCUT2D eigenvalue weighted by molar-refractivity contribution is -0.119. The van der Waals surface area contributed by atoms with Crippen LogP contribution in [-0.4, -0.2) is 43.6 Å². The van der Waals surface area contributed by atoms with Crippen molar-refractivity contribution in [3.63, 3.8) is 0 Å². The van der Waals surface area contributed by atoms with Crippen LogP contribution in [0.4, 0.5) is 16.2 Å². The van der Waals surface area contributed by atoms with E-state index in [2.05, 4.69) is 5.32 Å². The summed E-state index contributed by atoms with van der Waals surface area (Å²) < 4.78 is 5.27. The molecule has 0 radical (unpaired) electrons. The Kier molecular flexibility index (Phi) is 3.94. The molecule has 1 aromatic rings. The zero-order valence-corrected chi connectivity index (χ0v) is 13.1. The molecule has 1 saturated heterocycles. The van der Waals surface area contributed by atoms with Gasteiger partial charge in [0.2, 0.25) is 12.3 Å². The lowest BCUT2D eigenvalue weighted by atomic mass is 10.1. The van der Waals surface area contributed by atoms with Gasteiger partial charge in [-0.2, -0.15) is 0 Å². The highest BCUT2D eigenvalue weighted by molar-refractivity contribution is 5.91. The number of hydrogen-bond acceptors (Lipinski definition) is 4. The SMILES string of the molecule is CC(=O)NC[C@H]1CN(c2ccc3c(c2)C[C@H](C)N3C=O)C(=O)O1. The monoisotopic (exact) mass is 317 g/mol. The molecule has 0 unspecified atom stereocenters. The minimum Gasteiger partial charge on any atom is -0.442 e. The Morgan fingerprint density at radius 2 is 2.26 bits per heavy atom. The fourth-order valence-electron chi connectivity index (χ4n) is 3.07. The van der Waals surface area contributed by atoms with E-state index in [1.54, 1.807) is 9.80 Å². The molecule has 0 aliphatic carbocycles. The van der Waals surface area contributed by atoms with Gasteiger partial charge in [-0.3, -0.25) is 14.5 Å². The molecule has 0 aromatic heterocycles. The van der Waals surface area contributed by atoms with E-state index in [9.17, 15) is 14.4 Å². The van der Waals surface area contributed by atoms with Crippen molar-refractivity contribution in [2.75, 3.05) is 22.9 Å². The van der Waals surface area contributed by atoms with Crippen molar-refractivity contribution in [2.24, 2.45) is 0 Å². The van der Waals surface area contributed by atoms with Gasteiger partial charge >= 0.3 is 6.09 Å². The summed E-state index contributed by atoms with van der Waals surface area (Å²) in [6, 6.07) is 5.72. The number of anilines is 2. The van der Waals surface area contributed by atoms with Crippen LogP contribution in [0.1, 0.15) is 19.4 Å². The molecule has 1 N–H and O–H groups in total. The molecule has 0 spiro atoms. The van der Waals surface area contributed by atoms with Gasteiger partial charge in [-0.05, 0) is 37.1 Å². The first-order valence-corrected chi connectivity index (χ1v) is 7.58. The van der Waals surface area contributed by atoms with Crippen LogP contribution < -0.4 is 15.1 Å². The minimum absolute atomic E-state index is 0.121. The van der Waals surface area contributed by atoms with Gasteiger partial charge in [-0.25, -0.2) is 4.79 Å². The van der Waals surface area contributed by atoms with Gasteiger partial charge in [0.05, 0.1) is 13.1 Å². The van der Waals surface area contributed by atoms with Crippen LogP contribution in [0.15, 0.2) is 18.2 Å². The second-order valence-corrected chi connectivity index (χ2v) is 5.93. The first kappa shape index (κ1) is 15.3. The van der Waals surface area contributed by atoms with Crippen molar-refractivity contribution in [2.45, 2.75) is 32.4 Å². The zero-order chi connectivity index (χ0) is 16.6. The molecule has 2 heterocycles. The van der Waals surface area contributed by atoms with E-state index >= 15 is 0 Å². The number of amides is 3. The Labute approximate surface area is 134 Å². The van der Waals surface area contributed by atoms with Crippen LogP contribution in [-0.2, 0) is 20.7 Å². The predicted octanol–water partition coefficient (Wildman–Crippen LogP) is 1.06. The molecule has 1 fully saturated rings. The summed E-state index contributed by atoms with van der Waals surface area (Å²) in [7, 11) is 0. The van der Waals surface area contributed by atoms with Gasteiger partial charge in [0.15, 0.2) is 0 Å². The maximum Gasteiger partial charge on any atom is 0.414 e. The molecule has 2 aliphatic rings. The number of carbonyl (C=O) groups excluding carboxylic acids is 3. The maximum atomic E-state index is 12.0. The number of cyclic esters (lactones) is 1. The molecule has 2 aliphatic heterocycles. The zero-order valence-electron chi connectivity index (χ0n) is 13.1. The van der Waals surface area contributed by atoms with E-state index in [4.69, 9.17) is 4.74 Å². The Bertz CT molecular complexity index is 661. The van der Waals surface area contributed by atoms with E-state index in [0.717, 1.165) is 29.8 Å². The fraction of sp³-hybridized carbons (Fsp3) is 0.438. The van der Waals surface area contributed by atoms with Gasteiger partial charge in [0, 0.05) is 24.3 Å². The Hall–Kier alpha value is -2.57. The predicted molar refractivity (Wildman–Crippen MR) is 84.4 cm³/mol. The maximum absolute atomic E-state index is 12.0. The van der Waals surface area contributed by atoms with Crippen molar-refractivity contribution >= 4 is 29.8 Å². The average Bonchev–Trinajstić information content (AvgIpc) is 3.03. The van der Waals surface area contributed by atoms with E-state index in [-0.39, 0.29) is 18.1 Å². The Balaban J connectivity index is 1.76. The molecule has 1 aromatic carbocycles.